The Kier molecular flexibility index (Phi) is 4.20. The molecule has 112 valence electrons. The Morgan fingerprint density at radius 3 is 2.76 bits per heavy atom. The molecule has 2 aromatic rings. The van der Waals surface area contributed by atoms with Gasteiger partial charge in [-0.15, -0.1) is 23.7 Å². The van der Waals surface area contributed by atoms with Crippen LogP contribution in [-0.2, 0) is 0 Å². The molecule has 0 radical (unpaired) electrons. The first-order valence-electron chi connectivity index (χ1n) is 7.30. The van der Waals surface area contributed by atoms with E-state index in [1.165, 1.54) is 30.6 Å². The fraction of sp³-hybridized carbons (Fsp3) is 0.438. The second-order valence-corrected chi connectivity index (χ2v) is 6.84. The maximum atomic E-state index is 12.4. The summed E-state index contributed by atoms with van der Waals surface area (Å²) in [7, 11) is 0. The summed E-state index contributed by atoms with van der Waals surface area (Å²) < 4.78 is 1.24. The van der Waals surface area contributed by atoms with Crippen molar-refractivity contribution in [1.82, 2.24) is 10.2 Å². The van der Waals surface area contributed by atoms with Crippen LogP contribution in [0.25, 0.3) is 10.1 Å². The molecule has 3 fully saturated rings. The van der Waals surface area contributed by atoms with E-state index in [0.29, 0.717) is 12.0 Å². The number of thiophene rings is 1. The van der Waals surface area contributed by atoms with Crippen LogP contribution in [0.5, 0.6) is 0 Å². The van der Waals surface area contributed by atoms with Gasteiger partial charge < -0.3 is 10.2 Å². The van der Waals surface area contributed by atoms with Crippen molar-refractivity contribution in [2.45, 2.75) is 18.9 Å². The quantitative estimate of drug-likeness (QED) is 0.921. The molecular formula is C16H19ClN2OS. The topological polar surface area (TPSA) is 32.3 Å². The fourth-order valence-electron chi connectivity index (χ4n) is 3.49. The summed E-state index contributed by atoms with van der Waals surface area (Å²) in [6.07, 6.45) is 2.46. The van der Waals surface area contributed by atoms with E-state index in [-0.39, 0.29) is 18.3 Å². The summed E-state index contributed by atoms with van der Waals surface area (Å²) in [6.45, 7) is 3.44. The highest BCUT2D eigenvalue weighted by Crippen LogP contribution is 2.28. The van der Waals surface area contributed by atoms with Crippen molar-refractivity contribution in [3.63, 3.8) is 0 Å². The Hall–Kier alpha value is -1.10. The first-order chi connectivity index (χ1) is 9.79. The molecule has 5 heteroatoms. The third-order valence-electron chi connectivity index (χ3n) is 4.69. The molecule has 3 saturated heterocycles. The second kappa shape index (κ2) is 5.95. The third kappa shape index (κ3) is 2.80. The maximum Gasteiger partial charge on any atom is 0.251 e. The predicted molar refractivity (Wildman–Crippen MR) is 89.5 cm³/mol. The molecule has 5 rings (SSSR count). The molecule has 0 aliphatic carbocycles. The van der Waals surface area contributed by atoms with E-state index in [1.807, 2.05) is 18.2 Å². The van der Waals surface area contributed by atoms with Crippen LogP contribution in [0.2, 0.25) is 0 Å². The minimum absolute atomic E-state index is 0. The highest BCUT2D eigenvalue weighted by molar-refractivity contribution is 7.17. The van der Waals surface area contributed by atoms with Gasteiger partial charge in [-0.1, -0.05) is 0 Å². The summed E-state index contributed by atoms with van der Waals surface area (Å²) in [5.41, 5.74) is 0.785. The molecule has 1 atom stereocenters. The molecule has 0 unspecified atom stereocenters. The minimum Gasteiger partial charge on any atom is -0.348 e. The zero-order valence-corrected chi connectivity index (χ0v) is 13.4. The van der Waals surface area contributed by atoms with Crippen molar-refractivity contribution in [2.75, 3.05) is 19.6 Å². The molecule has 1 amide bonds. The van der Waals surface area contributed by atoms with Crippen molar-refractivity contribution in [3.05, 3.63) is 35.2 Å². The van der Waals surface area contributed by atoms with E-state index >= 15 is 0 Å². The van der Waals surface area contributed by atoms with Crippen molar-refractivity contribution in [2.24, 2.45) is 5.92 Å². The molecule has 2 bridgehead atoms. The van der Waals surface area contributed by atoms with Gasteiger partial charge in [-0.3, -0.25) is 4.79 Å². The summed E-state index contributed by atoms with van der Waals surface area (Å²) in [4.78, 5) is 14.9. The number of rotatable bonds is 2. The number of piperidine rings is 3. The molecule has 4 heterocycles. The lowest BCUT2D eigenvalue weighted by Gasteiger charge is -2.44. The lowest BCUT2D eigenvalue weighted by Crippen LogP contribution is -2.57. The van der Waals surface area contributed by atoms with Crippen molar-refractivity contribution in [1.29, 1.82) is 0 Å². The Balaban J connectivity index is 0.00000132. The summed E-state index contributed by atoms with van der Waals surface area (Å²) >= 11 is 1.71. The van der Waals surface area contributed by atoms with Gasteiger partial charge in [0.1, 0.15) is 0 Å². The average Bonchev–Trinajstić information content (AvgIpc) is 2.96. The van der Waals surface area contributed by atoms with Crippen LogP contribution in [0.4, 0.5) is 0 Å². The van der Waals surface area contributed by atoms with E-state index in [0.717, 1.165) is 17.5 Å². The first kappa shape index (κ1) is 14.8. The van der Waals surface area contributed by atoms with Crippen molar-refractivity contribution in [3.8, 4) is 0 Å². The van der Waals surface area contributed by atoms with Crippen LogP contribution in [0, 0.1) is 5.92 Å². The summed E-state index contributed by atoms with van der Waals surface area (Å²) in [5.74, 6) is 0.755. The van der Waals surface area contributed by atoms with Gasteiger partial charge in [-0.05, 0) is 66.9 Å². The summed E-state index contributed by atoms with van der Waals surface area (Å²) in [6, 6.07) is 8.40. The number of nitrogens with one attached hydrogen (secondary N) is 1. The smallest absolute Gasteiger partial charge is 0.251 e. The number of carbonyl (C=O) groups is 1. The monoisotopic (exact) mass is 322 g/mol. The number of hydrogen-bond acceptors (Lipinski definition) is 3. The van der Waals surface area contributed by atoms with Crippen LogP contribution in [0.15, 0.2) is 29.6 Å². The molecule has 0 saturated carbocycles. The Morgan fingerprint density at radius 2 is 2.05 bits per heavy atom. The van der Waals surface area contributed by atoms with E-state index in [4.69, 9.17) is 0 Å². The molecular weight excluding hydrogens is 304 g/mol. The van der Waals surface area contributed by atoms with E-state index in [9.17, 15) is 4.79 Å². The van der Waals surface area contributed by atoms with Crippen molar-refractivity contribution < 1.29 is 4.79 Å². The third-order valence-corrected chi connectivity index (χ3v) is 5.59. The van der Waals surface area contributed by atoms with Gasteiger partial charge in [-0.2, -0.15) is 0 Å². The van der Waals surface area contributed by atoms with E-state index in [2.05, 4.69) is 21.7 Å². The predicted octanol–water partition coefficient (Wildman–Crippen LogP) is 3.15. The second-order valence-electron chi connectivity index (χ2n) is 5.89. The molecule has 21 heavy (non-hydrogen) atoms. The van der Waals surface area contributed by atoms with E-state index < -0.39 is 0 Å². The van der Waals surface area contributed by atoms with Crippen molar-refractivity contribution >= 4 is 39.7 Å². The van der Waals surface area contributed by atoms with Gasteiger partial charge in [0, 0.05) is 22.8 Å². The molecule has 1 aromatic carbocycles. The fourth-order valence-corrected chi connectivity index (χ4v) is 4.26. The zero-order chi connectivity index (χ0) is 13.5. The average molecular weight is 323 g/mol. The summed E-state index contributed by atoms with van der Waals surface area (Å²) in [5, 5.41) is 6.48. The largest absolute Gasteiger partial charge is 0.348 e. The maximum absolute atomic E-state index is 12.4. The van der Waals surface area contributed by atoms with Gasteiger partial charge in [0.05, 0.1) is 0 Å². The molecule has 1 N–H and O–H groups in total. The minimum atomic E-state index is 0. The molecule has 3 aliphatic rings. The number of halogens is 1. The van der Waals surface area contributed by atoms with Crippen LogP contribution in [0.1, 0.15) is 23.2 Å². The molecule has 1 aromatic heterocycles. The number of amides is 1. The lowest BCUT2D eigenvalue weighted by molar-refractivity contribution is 0.0620. The SMILES string of the molecule is Cl.O=C(N[C@@H]1CN2CCC1CC2)c1ccc2sccc2c1. The molecule has 0 spiro atoms. The number of hydrogen-bond donors (Lipinski definition) is 1. The molecule has 3 nitrogen and oxygen atoms in total. The highest BCUT2D eigenvalue weighted by Gasteiger charge is 2.34. The Bertz CT molecular complexity index is 649. The van der Waals surface area contributed by atoms with Gasteiger partial charge in [0.25, 0.3) is 5.91 Å². The normalized spacial score (nSPS) is 27.3. The first-order valence-corrected chi connectivity index (χ1v) is 8.18. The van der Waals surface area contributed by atoms with Crippen LogP contribution < -0.4 is 5.32 Å². The standard InChI is InChI=1S/C16H18N2OS.ClH/c19-16(13-1-2-15-12(9-13)5-8-20-15)17-14-10-18-6-3-11(14)4-7-18;/h1-2,5,8-9,11,14H,3-4,6-7,10H2,(H,17,19);1H/t14-;/m1./s1. The lowest BCUT2D eigenvalue weighted by atomic mass is 9.84. The van der Waals surface area contributed by atoms with Gasteiger partial charge >= 0.3 is 0 Å². The molecule has 3 aliphatic heterocycles. The van der Waals surface area contributed by atoms with Gasteiger partial charge in [0.15, 0.2) is 0 Å². The van der Waals surface area contributed by atoms with Crippen LogP contribution in [0.3, 0.4) is 0 Å². The zero-order valence-electron chi connectivity index (χ0n) is 11.7. The highest BCUT2D eigenvalue weighted by atomic mass is 35.5. The van der Waals surface area contributed by atoms with Gasteiger partial charge in [0.2, 0.25) is 0 Å². The van der Waals surface area contributed by atoms with Gasteiger partial charge in [-0.25, -0.2) is 0 Å². The number of fused-ring (bicyclic) bond motifs is 4. The van der Waals surface area contributed by atoms with Crippen LogP contribution in [-0.4, -0.2) is 36.5 Å². The van der Waals surface area contributed by atoms with E-state index in [1.54, 1.807) is 11.3 Å². The number of carbonyl (C=O) groups excluding carboxylic acids is 1. The number of benzene rings is 1. The Labute approximate surface area is 134 Å². The number of nitrogens with zero attached hydrogens (tertiary/aromatic N) is 1. The van der Waals surface area contributed by atoms with Crippen LogP contribution >= 0.6 is 23.7 Å². The Morgan fingerprint density at radius 1 is 1.24 bits per heavy atom.